The van der Waals surface area contributed by atoms with Gasteiger partial charge in [0, 0.05) is 12.6 Å². The molecule has 0 amide bonds. The van der Waals surface area contributed by atoms with Crippen LogP contribution < -0.4 is 5.32 Å². The Hall–Kier alpha value is -1.35. The van der Waals surface area contributed by atoms with Crippen molar-refractivity contribution in [3.63, 3.8) is 0 Å². The molecule has 1 aliphatic heterocycles. The zero-order chi connectivity index (χ0) is 14.5. The van der Waals surface area contributed by atoms with Crippen LogP contribution in [0.25, 0.3) is 0 Å². The number of hydrogen-bond acceptors (Lipinski definition) is 3. The van der Waals surface area contributed by atoms with Gasteiger partial charge in [-0.1, -0.05) is 43.2 Å². The lowest BCUT2D eigenvalue weighted by Gasteiger charge is -2.36. The summed E-state index contributed by atoms with van der Waals surface area (Å²) in [5, 5.41) is 3.50. The van der Waals surface area contributed by atoms with E-state index in [2.05, 4.69) is 43.4 Å². The predicted octanol–water partition coefficient (Wildman–Crippen LogP) is 3.03. The van der Waals surface area contributed by atoms with Gasteiger partial charge in [-0.05, 0) is 31.2 Å². The van der Waals surface area contributed by atoms with Crippen LogP contribution in [0.5, 0.6) is 0 Å². The van der Waals surface area contributed by atoms with E-state index in [1.54, 1.807) is 0 Å². The molecule has 1 heterocycles. The van der Waals surface area contributed by atoms with E-state index in [1.807, 2.05) is 0 Å². The molecule has 3 heteroatoms. The van der Waals surface area contributed by atoms with Crippen molar-refractivity contribution in [1.29, 1.82) is 0 Å². The van der Waals surface area contributed by atoms with Crippen molar-refractivity contribution in [3.05, 3.63) is 35.4 Å². The lowest BCUT2D eigenvalue weighted by molar-refractivity contribution is -0.147. The summed E-state index contributed by atoms with van der Waals surface area (Å²) in [6.45, 7) is 5.01. The topological polar surface area (TPSA) is 38.3 Å². The van der Waals surface area contributed by atoms with Crippen LogP contribution in [0, 0.1) is 12.8 Å². The van der Waals surface area contributed by atoms with Gasteiger partial charge >= 0.3 is 5.97 Å². The minimum atomic E-state index is -0.0991. The van der Waals surface area contributed by atoms with Crippen LogP contribution in [0.1, 0.15) is 43.2 Å². The first-order valence-electron chi connectivity index (χ1n) is 7.53. The van der Waals surface area contributed by atoms with E-state index < -0.39 is 0 Å². The Balaban J connectivity index is 2.20. The minimum absolute atomic E-state index is 0.0733. The Bertz CT molecular complexity index is 441. The Morgan fingerprint density at radius 2 is 2.05 bits per heavy atom. The summed E-state index contributed by atoms with van der Waals surface area (Å²) in [6.07, 6.45) is 3.34. The lowest BCUT2D eigenvalue weighted by Crippen LogP contribution is -2.46. The summed E-state index contributed by atoms with van der Waals surface area (Å²) in [6, 6.07) is 9.07. The highest BCUT2D eigenvalue weighted by molar-refractivity contribution is 5.74. The molecule has 3 unspecified atom stereocenters. The molecule has 0 spiro atoms. The van der Waals surface area contributed by atoms with Gasteiger partial charge in [0.05, 0.1) is 13.0 Å². The molecule has 3 nitrogen and oxygen atoms in total. The van der Waals surface area contributed by atoms with Gasteiger partial charge in [-0.2, -0.15) is 0 Å². The largest absolute Gasteiger partial charge is 0.469 e. The number of carbonyl (C=O) groups excluding carboxylic acids is 1. The fourth-order valence-electron chi connectivity index (χ4n) is 3.14. The number of piperidine rings is 1. The maximum absolute atomic E-state index is 12.0. The van der Waals surface area contributed by atoms with E-state index in [0.29, 0.717) is 6.04 Å². The maximum Gasteiger partial charge on any atom is 0.310 e. The standard InChI is InChI=1S/C17H25NO2/c1-4-5-14-10-15(13-8-6-12(2)7-9-13)16(11-18-14)17(19)20-3/h6-9,14-16,18H,4-5,10-11H2,1-3H3. The average Bonchev–Trinajstić information content (AvgIpc) is 2.47. The van der Waals surface area contributed by atoms with Crippen molar-refractivity contribution in [2.45, 2.75) is 45.1 Å². The highest BCUT2D eigenvalue weighted by Crippen LogP contribution is 2.34. The first-order valence-corrected chi connectivity index (χ1v) is 7.53. The molecule has 0 aliphatic carbocycles. The zero-order valence-electron chi connectivity index (χ0n) is 12.7. The third-order valence-electron chi connectivity index (χ3n) is 4.30. The van der Waals surface area contributed by atoms with Crippen molar-refractivity contribution in [3.8, 4) is 0 Å². The molecule has 0 saturated carbocycles. The molecule has 2 rings (SSSR count). The van der Waals surface area contributed by atoms with Gasteiger partial charge in [0.25, 0.3) is 0 Å². The second-order valence-corrected chi connectivity index (χ2v) is 5.78. The van der Waals surface area contributed by atoms with Crippen molar-refractivity contribution in [2.24, 2.45) is 5.92 Å². The first-order chi connectivity index (χ1) is 9.65. The Morgan fingerprint density at radius 3 is 2.65 bits per heavy atom. The first kappa shape index (κ1) is 15.0. The molecule has 0 bridgehead atoms. The summed E-state index contributed by atoms with van der Waals surface area (Å²) in [7, 11) is 1.48. The normalized spacial score (nSPS) is 26.2. The van der Waals surface area contributed by atoms with E-state index in [1.165, 1.54) is 24.7 Å². The molecule has 1 aromatic rings. The second-order valence-electron chi connectivity index (χ2n) is 5.78. The van der Waals surface area contributed by atoms with Gasteiger partial charge in [0.1, 0.15) is 0 Å². The molecule has 1 fully saturated rings. The van der Waals surface area contributed by atoms with E-state index in [9.17, 15) is 4.79 Å². The number of rotatable bonds is 4. The second kappa shape index (κ2) is 6.89. The minimum Gasteiger partial charge on any atom is -0.469 e. The number of benzene rings is 1. The number of hydrogen-bond donors (Lipinski definition) is 1. The van der Waals surface area contributed by atoms with E-state index in [4.69, 9.17) is 4.74 Å². The summed E-state index contributed by atoms with van der Waals surface area (Å²) in [5.74, 6) is 0.0923. The van der Waals surface area contributed by atoms with Gasteiger partial charge < -0.3 is 10.1 Å². The molecule has 3 atom stereocenters. The molecule has 20 heavy (non-hydrogen) atoms. The number of carbonyl (C=O) groups is 1. The van der Waals surface area contributed by atoms with Crippen LogP contribution in [-0.4, -0.2) is 25.7 Å². The summed E-state index contributed by atoms with van der Waals surface area (Å²) >= 11 is 0. The number of aryl methyl sites for hydroxylation is 1. The highest BCUT2D eigenvalue weighted by Gasteiger charge is 2.36. The molecule has 110 valence electrons. The van der Waals surface area contributed by atoms with E-state index >= 15 is 0 Å². The molecular formula is C17H25NO2. The third-order valence-corrected chi connectivity index (χ3v) is 4.30. The fraction of sp³-hybridized carbons (Fsp3) is 0.588. The SMILES string of the molecule is CCCC1CC(c2ccc(C)cc2)C(C(=O)OC)CN1. The summed E-state index contributed by atoms with van der Waals surface area (Å²) in [5.41, 5.74) is 2.51. The van der Waals surface area contributed by atoms with Crippen LogP contribution >= 0.6 is 0 Å². The average molecular weight is 275 g/mol. The van der Waals surface area contributed by atoms with Gasteiger partial charge in [-0.25, -0.2) is 0 Å². The number of ether oxygens (including phenoxy) is 1. The maximum atomic E-state index is 12.0. The fourth-order valence-corrected chi connectivity index (χ4v) is 3.14. The number of nitrogens with one attached hydrogen (secondary N) is 1. The smallest absolute Gasteiger partial charge is 0.310 e. The van der Waals surface area contributed by atoms with Crippen LogP contribution in [0.4, 0.5) is 0 Å². The van der Waals surface area contributed by atoms with Gasteiger partial charge in [0.2, 0.25) is 0 Å². The third kappa shape index (κ3) is 3.40. The van der Waals surface area contributed by atoms with Crippen LogP contribution in [0.2, 0.25) is 0 Å². The van der Waals surface area contributed by atoms with Crippen molar-refractivity contribution >= 4 is 5.97 Å². The van der Waals surface area contributed by atoms with Crippen LogP contribution in [-0.2, 0) is 9.53 Å². The molecule has 0 aromatic heterocycles. The molecular weight excluding hydrogens is 250 g/mol. The summed E-state index contributed by atoms with van der Waals surface area (Å²) in [4.78, 5) is 12.0. The Morgan fingerprint density at radius 1 is 1.35 bits per heavy atom. The molecule has 0 radical (unpaired) electrons. The van der Waals surface area contributed by atoms with Gasteiger partial charge in [0.15, 0.2) is 0 Å². The predicted molar refractivity (Wildman–Crippen MR) is 80.7 cm³/mol. The van der Waals surface area contributed by atoms with E-state index in [-0.39, 0.29) is 17.8 Å². The Labute approximate surface area is 121 Å². The monoisotopic (exact) mass is 275 g/mol. The molecule has 1 N–H and O–H groups in total. The summed E-state index contributed by atoms with van der Waals surface area (Å²) < 4.78 is 4.98. The Kier molecular flexibility index (Phi) is 5.18. The number of esters is 1. The van der Waals surface area contributed by atoms with E-state index in [0.717, 1.165) is 19.4 Å². The van der Waals surface area contributed by atoms with Gasteiger partial charge in [-0.15, -0.1) is 0 Å². The quantitative estimate of drug-likeness (QED) is 0.858. The highest BCUT2D eigenvalue weighted by atomic mass is 16.5. The molecule has 1 aromatic carbocycles. The molecule has 1 saturated heterocycles. The number of methoxy groups -OCH3 is 1. The molecule has 1 aliphatic rings. The van der Waals surface area contributed by atoms with Crippen molar-refractivity contribution < 1.29 is 9.53 Å². The zero-order valence-corrected chi connectivity index (χ0v) is 12.7. The van der Waals surface area contributed by atoms with Gasteiger partial charge in [-0.3, -0.25) is 4.79 Å². The van der Waals surface area contributed by atoms with Crippen molar-refractivity contribution in [1.82, 2.24) is 5.32 Å². The van der Waals surface area contributed by atoms with Crippen LogP contribution in [0.3, 0.4) is 0 Å². The van der Waals surface area contributed by atoms with Crippen molar-refractivity contribution in [2.75, 3.05) is 13.7 Å². The van der Waals surface area contributed by atoms with Crippen LogP contribution in [0.15, 0.2) is 24.3 Å². The lowest BCUT2D eigenvalue weighted by atomic mass is 9.77.